The van der Waals surface area contributed by atoms with Gasteiger partial charge < -0.3 is 4.90 Å². The van der Waals surface area contributed by atoms with Gasteiger partial charge in [0.2, 0.25) is 0 Å². The summed E-state index contributed by atoms with van der Waals surface area (Å²) in [5.41, 5.74) is 0. The fourth-order valence-corrected chi connectivity index (χ4v) is 2.22. The Morgan fingerprint density at radius 3 is 2.85 bits per heavy atom. The number of anilines is 1. The van der Waals surface area contributed by atoms with E-state index in [0.717, 1.165) is 5.13 Å². The predicted molar refractivity (Wildman–Crippen MR) is 59.9 cm³/mol. The van der Waals surface area contributed by atoms with E-state index in [9.17, 15) is 0 Å². The standard InChI is InChI=1S/C9H15ClN2S/c1-4-5-7(2)12(3)9-11-8(10)6-13-9/h6-7H,4-5H2,1-3H3. The lowest BCUT2D eigenvalue weighted by Gasteiger charge is -2.23. The Morgan fingerprint density at radius 2 is 2.38 bits per heavy atom. The molecule has 0 aromatic carbocycles. The molecule has 0 fully saturated rings. The van der Waals surface area contributed by atoms with Gasteiger partial charge in [-0.05, 0) is 13.3 Å². The van der Waals surface area contributed by atoms with E-state index >= 15 is 0 Å². The van der Waals surface area contributed by atoms with Gasteiger partial charge in [0.1, 0.15) is 5.15 Å². The smallest absolute Gasteiger partial charge is 0.186 e. The van der Waals surface area contributed by atoms with Gasteiger partial charge in [-0.15, -0.1) is 11.3 Å². The van der Waals surface area contributed by atoms with Crippen molar-refractivity contribution in [2.45, 2.75) is 32.7 Å². The molecule has 0 aliphatic rings. The van der Waals surface area contributed by atoms with E-state index < -0.39 is 0 Å². The molecular formula is C9H15ClN2S. The van der Waals surface area contributed by atoms with E-state index in [1.807, 2.05) is 5.38 Å². The number of aromatic nitrogens is 1. The minimum absolute atomic E-state index is 0.534. The number of thiazole rings is 1. The fraction of sp³-hybridized carbons (Fsp3) is 0.667. The molecule has 4 heteroatoms. The summed E-state index contributed by atoms with van der Waals surface area (Å²) in [4.78, 5) is 6.40. The first-order chi connectivity index (χ1) is 6.15. The predicted octanol–water partition coefficient (Wildman–Crippen LogP) is 3.42. The van der Waals surface area contributed by atoms with Gasteiger partial charge in [-0.25, -0.2) is 4.98 Å². The summed E-state index contributed by atoms with van der Waals surface area (Å²) in [6, 6.07) is 0.534. The van der Waals surface area contributed by atoms with E-state index in [-0.39, 0.29) is 0 Å². The minimum atomic E-state index is 0.534. The van der Waals surface area contributed by atoms with Crippen molar-refractivity contribution in [3.63, 3.8) is 0 Å². The van der Waals surface area contributed by atoms with Crippen LogP contribution in [-0.4, -0.2) is 18.1 Å². The SMILES string of the molecule is CCCC(C)N(C)c1nc(Cl)cs1. The van der Waals surface area contributed by atoms with Crippen LogP contribution in [0.5, 0.6) is 0 Å². The Kier molecular flexibility index (Phi) is 4.00. The molecule has 0 amide bonds. The molecule has 1 rings (SSSR count). The van der Waals surface area contributed by atoms with Crippen molar-refractivity contribution < 1.29 is 0 Å². The number of rotatable bonds is 4. The van der Waals surface area contributed by atoms with Crippen molar-refractivity contribution >= 4 is 28.1 Å². The molecule has 74 valence electrons. The zero-order valence-electron chi connectivity index (χ0n) is 8.25. The lowest BCUT2D eigenvalue weighted by atomic mass is 10.2. The maximum atomic E-state index is 5.76. The van der Waals surface area contributed by atoms with Crippen LogP contribution in [0.25, 0.3) is 0 Å². The van der Waals surface area contributed by atoms with Gasteiger partial charge in [0, 0.05) is 18.5 Å². The van der Waals surface area contributed by atoms with Crippen LogP contribution in [0.2, 0.25) is 5.15 Å². The number of halogens is 1. The summed E-state index contributed by atoms with van der Waals surface area (Å²) in [5.74, 6) is 0. The molecular weight excluding hydrogens is 204 g/mol. The third-order valence-corrected chi connectivity index (χ3v) is 3.39. The highest BCUT2D eigenvalue weighted by molar-refractivity contribution is 7.14. The first-order valence-electron chi connectivity index (χ1n) is 4.49. The van der Waals surface area contributed by atoms with Crippen LogP contribution in [0, 0.1) is 0 Å². The Morgan fingerprint density at radius 1 is 1.69 bits per heavy atom. The highest BCUT2D eigenvalue weighted by atomic mass is 35.5. The fourth-order valence-electron chi connectivity index (χ4n) is 1.21. The molecule has 1 heterocycles. The van der Waals surface area contributed by atoms with Crippen molar-refractivity contribution in [3.8, 4) is 0 Å². The molecule has 1 aromatic heterocycles. The number of hydrogen-bond donors (Lipinski definition) is 0. The van der Waals surface area contributed by atoms with Gasteiger partial charge in [-0.3, -0.25) is 0 Å². The van der Waals surface area contributed by atoms with E-state index in [1.165, 1.54) is 12.8 Å². The summed E-state index contributed by atoms with van der Waals surface area (Å²) in [5, 5.41) is 3.47. The van der Waals surface area contributed by atoms with E-state index in [4.69, 9.17) is 11.6 Å². The maximum Gasteiger partial charge on any atom is 0.186 e. The van der Waals surface area contributed by atoms with Crippen molar-refractivity contribution in [1.82, 2.24) is 4.98 Å². The van der Waals surface area contributed by atoms with Gasteiger partial charge in [0.05, 0.1) is 0 Å². The highest BCUT2D eigenvalue weighted by Gasteiger charge is 2.11. The zero-order valence-corrected chi connectivity index (χ0v) is 9.82. The van der Waals surface area contributed by atoms with Gasteiger partial charge >= 0.3 is 0 Å². The van der Waals surface area contributed by atoms with Crippen LogP contribution in [0.1, 0.15) is 26.7 Å². The third kappa shape index (κ3) is 2.85. The molecule has 1 unspecified atom stereocenters. The average Bonchev–Trinajstić information content (AvgIpc) is 2.51. The molecule has 0 saturated carbocycles. The van der Waals surface area contributed by atoms with Gasteiger partial charge in [0.25, 0.3) is 0 Å². The molecule has 1 atom stereocenters. The average molecular weight is 219 g/mol. The van der Waals surface area contributed by atoms with Crippen molar-refractivity contribution in [2.24, 2.45) is 0 Å². The number of hydrogen-bond acceptors (Lipinski definition) is 3. The largest absolute Gasteiger partial charge is 0.348 e. The van der Waals surface area contributed by atoms with Crippen LogP contribution in [0.3, 0.4) is 0 Å². The Labute approximate surface area is 88.5 Å². The molecule has 0 spiro atoms. The zero-order chi connectivity index (χ0) is 9.84. The van der Waals surface area contributed by atoms with Gasteiger partial charge in [-0.2, -0.15) is 0 Å². The molecule has 0 radical (unpaired) electrons. The van der Waals surface area contributed by atoms with Crippen LogP contribution in [-0.2, 0) is 0 Å². The van der Waals surface area contributed by atoms with Crippen LogP contribution in [0.4, 0.5) is 5.13 Å². The topological polar surface area (TPSA) is 16.1 Å². The van der Waals surface area contributed by atoms with Crippen molar-refractivity contribution in [1.29, 1.82) is 0 Å². The normalized spacial score (nSPS) is 12.9. The second kappa shape index (κ2) is 4.82. The molecule has 0 saturated heterocycles. The first-order valence-corrected chi connectivity index (χ1v) is 5.74. The Bertz CT molecular complexity index is 262. The molecule has 13 heavy (non-hydrogen) atoms. The van der Waals surface area contributed by atoms with Gasteiger partial charge in [0.15, 0.2) is 5.13 Å². The highest BCUT2D eigenvalue weighted by Crippen LogP contribution is 2.24. The van der Waals surface area contributed by atoms with E-state index in [2.05, 4.69) is 30.8 Å². The summed E-state index contributed by atoms with van der Waals surface area (Å²) in [6.45, 7) is 4.40. The Hall–Kier alpha value is -0.280. The van der Waals surface area contributed by atoms with Crippen molar-refractivity contribution in [2.75, 3.05) is 11.9 Å². The molecule has 0 aliphatic heterocycles. The quantitative estimate of drug-likeness (QED) is 0.770. The monoisotopic (exact) mass is 218 g/mol. The van der Waals surface area contributed by atoms with E-state index in [0.29, 0.717) is 11.2 Å². The summed E-state index contributed by atoms with van der Waals surface area (Å²) in [6.07, 6.45) is 2.39. The van der Waals surface area contributed by atoms with Crippen LogP contribution < -0.4 is 4.90 Å². The third-order valence-electron chi connectivity index (χ3n) is 2.13. The second-order valence-corrected chi connectivity index (χ2v) is 4.43. The molecule has 0 N–H and O–H groups in total. The number of nitrogens with zero attached hydrogens (tertiary/aromatic N) is 2. The molecule has 0 aliphatic carbocycles. The van der Waals surface area contributed by atoms with Gasteiger partial charge in [-0.1, -0.05) is 24.9 Å². The Balaban J connectivity index is 2.61. The van der Waals surface area contributed by atoms with Crippen LogP contribution in [0.15, 0.2) is 5.38 Å². The van der Waals surface area contributed by atoms with E-state index in [1.54, 1.807) is 11.3 Å². The summed E-state index contributed by atoms with van der Waals surface area (Å²) in [7, 11) is 2.06. The van der Waals surface area contributed by atoms with Crippen molar-refractivity contribution in [3.05, 3.63) is 10.5 Å². The lowest BCUT2D eigenvalue weighted by molar-refractivity contribution is 0.615. The second-order valence-electron chi connectivity index (χ2n) is 3.20. The summed E-state index contributed by atoms with van der Waals surface area (Å²) < 4.78 is 0. The maximum absolute atomic E-state index is 5.76. The minimum Gasteiger partial charge on any atom is -0.348 e. The summed E-state index contributed by atoms with van der Waals surface area (Å²) >= 11 is 7.35. The molecule has 0 bridgehead atoms. The first kappa shape index (κ1) is 10.8. The van der Waals surface area contributed by atoms with Crippen LogP contribution >= 0.6 is 22.9 Å². The molecule has 2 nitrogen and oxygen atoms in total. The lowest BCUT2D eigenvalue weighted by Crippen LogP contribution is -2.28. The molecule has 1 aromatic rings.